The molecule has 1 fully saturated rings. The number of anilines is 1. The molecule has 1 amide bonds. The van der Waals surface area contributed by atoms with Crippen LogP contribution in [0.2, 0.25) is 0 Å². The molecule has 2 N–H and O–H groups in total. The van der Waals surface area contributed by atoms with E-state index < -0.39 is 0 Å². The molecule has 0 saturated carbocycles. The number of ether oxygens (including phenoxy) is 2. The van der Waals surface area contributed by atoms with Gasteiger partial charge in [-0.3, -0.25) is 4.79 Å². The Labute approximate surface area is 217 Å². The first-order valence-corrected chi connectivity index (χ1v) is 12.7. The number of hydrogen-bond acceptors (Lipinski definition) is 6. The lowest BCUT2D eigenvalue weighted by atomic mass is 10.1. The molecule has 1 aliphatic rings. The summed E-state index contributed by atoms with van der Waals surface area (Å²) in [6.45, 7) is 2.35. The zero-order chi connectivity index (χ0) is 24.8. The quantitative estimate of drug-likeness (QED) is 0.332. The minimum Gasteiger partial charge on any atom is -0.493 e. The summed E-state index contributed by atoms with van der Waals surface area (Å²) in [5.74, 6) is 0.924. The van der Waals surface area contributed by atoms with Gasteiger partial charge in [-0.1, -0.05) is 64.9 Å². The minimum absolute atomic E-state index is 0.142. The van der Waals surface area contributed by atoms with Gasteiger partial charge in [-0.15, -0.1) is 0 Å². The van der Waals surface area contributed by atoms with Crippen molar-refractivity contribution in [1.82, 2.24) is 5.32 Å². The Morgan fingerprint density at radius 3 is 2.66 bits per heavy atom. The summed E-state index contributed by atoms with van der Waals surface area (Å²) in [5, 5.41) is 15.6. The number of carbonyl (C=O) groups is 1. The average Bonchev–Trinajstić information content (AvgIpc) is 3.22. The van der Waals surface area contributed by atoms with E-state index in [0.29, 0.717) is 22.0 Å². The summed E-state index contributed by atoms with van der Waals surface area (Å²) in [7, 11) is 1.57. The van der Waals surface area contributed by atoms with Crippen LogP contribution in [-0.2, 0) is 17.8 Å². The van der Waals surface area contributed by atoms with Crippen LogP contribution in [0.3, 0.4) is 0 Å². The van der Waals surface area contributed by atoms with Crippen molar-refractivity contribution < 1.29 is 14.3 Å². The highest BCUT2D eigenvalue weighted by Crippen LogP contribution is 2.37. The molecule has 1 aliphatic heterocycles. The summed E-state index contributed by atoms with van der Waals surface area (Å²) in [6, 6.07) is 21.3. The van der Waals surface area contributed by atoms with Crippen molar-refractivity contribution in [2.24, 2.45) is 0 Å². The normalized spacial score (nSPS) is 16.0. The van der Waals surface area contributed by atoms with Gasteiger partial charge >= 0.3 is 0 Å². The van der Waals surface area contributed by atoms with Crippen molar-refractivity contribution in [2.75, 3.05) is 12.4 Å². The van der Waals surface area contributed by atoms with E-state index in [1.807, 2.05) is 48.5 Å². The Morgan fingerprint density at radius 1 is 1.17 bits per heavy atom. The molecule has 1 heterocycles. The summed E-state index contributed by atoms with van der Waals surface area (Å²) in [5.41, 5.74) is 4.10. The van der Waals surface area contributed by atoms with Crippen LogP contribution in [0.5, 0.6) is 11.5 Å². The molecule has 178 valence electrons. The first kappa shape index (κ1) is 24.7. The number of halogens is 1. The van der Waals surface area contributed by atoms with Crippen molar-refractivity contribution in [3.8, 4) is 17.6 Å². The van der Waals surface area contributed by atoms with Gasteiger partial charge in [-0.2, -0.15) is 5.26 Å². The largest absolute Gasteiger partial charge is 0.493 e. The number of hydrogen-bond donors (Lipinski definition) is 2. The van der Waals surface area contributed by atoms with Crippen molar-refractivity contribution in [3.63, 3.8) is 0 Å². The number of nitrogens with one attached hydrogen (secondary N) is 2. The fourth-order valence-corrected chi connectivity index (χ4v) is 4.95. The highest BCUT2D eigenvalue weighted by atomic mass is 79.9. The van der Waals surface area contributed by atoms with Crippen molar-refractivity contribution >= 4 is 45.4 Å². The maximum absolute atomic E-state index is 12.6. The van der Waals surface area contributed by atoms with Gasteiger partial charge in [0.25, 0.3) is 5.91 Å². The highest BCUT2D eigenvalue weighted by molar-refractivity contribution is 9.10. The predicted octanol–water partition coefficient (Wildman–Crippen LogP) is 6.07. The van der Waals surface area contributed by atoms with Crippen LogP contribution in [0.25, 0.3) is 6.08 Å². The van der Waals surface area contributed by atoms with E-state index >= 15 is 0 Å². The van der Waals surface area contributed by atoms with Gasteiger partial charge in [0.2, 0.25) is 0 Å². The van der Waals surface area contributed by atoms with Gasteiger partial charge in [0.15, 0.2) is 17.0 Å². The Balaban J connectivity index is 1.48. The Hall–Kier alpha value is -3.41. The van der Waals surface area contributed by atoms with E-state index in [4.69, 9.17) is 9.47 Å². The van der Waals surface area contributed by atoms with Crippen LogP contribution in [0.1, 0.15) is 29.2 Å². The second-order valence-corrected chi connectivity index (χ2v) is 9.76. The van der Waals surface area contributed by atoms with E-state index in [1.165, 1.54) is 17.3 Å². The van der Waals surface area contributed by atoms with Gasteiger partial charge in [0, 0.05) is 15.7 Å². The molecule has 35 heavy (non-hydrogen) atoms. The second kappa shape index (κ2) is 11.3. The zero-order valence-electron chi connectivity index (χ0n) is 19.3. The van der Waals surface area contributed by atoms with E-state index in [0.717, 1.165) is 27.7 Å². The van der Waals surface area contributed by atoms with Gasteiger partial charge in [-0.05, 0) is 54.0 Å². The first-order chi connectivity index (χ1) is 17.0. The molecular formula is C27H24BrN3O3S. The number of aryl methyl sites for hydroxylation is 1. The van der Waals surface area contributed by atoms with Crippen LogP contribution >= 0.6 is 27.7 Å². The lowest BCUT2D eigenvalue weighted by molar-refractivity contribution is -0.116. The highest BCUT2D eigenvalue weighted by Gasteiger charge is 2.27. The average molecular weight is 550 g/mol. The van der Waals surface area contributed by atoms with Gasteiger partial charge < -0.3 is 20.1 Å². The number of carbonyl (C=O) groups excluding carboxylic acids is 1. The topological polar surface area (TPSA) is 83.4 Å². The lowest BCUT2D eigenvalue weighted by Gasteiger charge is -2.14. The summed E-state index contributed by atoms with van der Waals surface area (Å²) in [6.07, 6.45) is 2.81. The number of nitriles is 1. The number of amides is 1. The molecular weight excluding hydrogens is 526 g/mol. The third-order valence-electron chi connectivity index (χ3n) is 5.48. The number of nitrogens with zero attached hydrogens (tertiary/aromatic N) is 1. The second-order valence-electron chi connectivity index (χ2n) is 7.76. The molecule has 3 aromatic rings. The molecule has 3 aromatic carbocycles. The molecule has 0 bridgehead atoms. The zero-order valence-corrected chi connectivity index (χ0v) is 21.7. The molecule has 0 radical (unpaired) electrons. The molecule has 0 spiro atoms. The molecule has 0 unspecified atom stereocenters. The molecule has 4 rings (SSSR count). The molecule has 0 aliphatic carbocycles. The van der Waals surface area contributed by atoms with Gasteiger partial charge in [0.1, 0.15) is 6.61 Å². The maximum atomic E-state index is 12.6. The fourth-order valence-electron chi connectivity index (χ4n) is 3.54. The maximum Gasteiger partial charge on any atom is 0.260 e. The fraction of sp³-hybridized carbons (Fsp3) is 0.185. The van der Waals surface area contributed by atoms with Crippen molar-refractivity contribution in [1.29, 1.82) is 5.26 Å². The summed E-state index contributed by atoms with van der Waals surface area (Å²) < 4.78 is 12.3. The Kier molecular flexibility index (Phi) is 8.01. The Bertz CT molecular complexity index is 1300. The van der Waals surface area contributed by atoms with Crippen molar-refractivity contribution in [3.05, 3.63) is 92.3 Å². The van der Waals surface area contributed by atoms with Crippen LogP contribution in [0.15, 0.2) is 70.0 Å². The standard InChI is InChI=1S/C27H24BrN3O3S/c1-3-17-8-10-21(11-9-17)30-27-31-26(32)25(35-27)13-20-12-23(33-2)24(14-22(20)28)34-16-19-7-5-4-6-18(19)15-29/h4-14,27,30H,3,16H2,1-2H3,(H,31,32)/b25-13-/t27-/m1/s1. The molecule has 8 heteroatoms. The van der Waals surface area contributed by atoms with Crippen LogP contribution < -0.4 is 20.1 Å². The van der Waals surface area contributed by atoms with Gasteiger partial charge in [-0.25, -0.2) is 0 Å². The summed E-state index contributed by atoms with van der Waals surface area (Å²) >= 11 is 5.01. The number of thioether (sulfide) groups is 1. The van der Waals surface area contributed by atoms with E-state index in [-0.39, 0.29) is 18.0 Å². The van der Waals surface area contributed by atoms with Gasteiger partial charge in [0.05, 0.1) is 23.6 Å². The van der Waals surface area contributed by atoms with E-state index in [9.17, 15) is 10.1 Å². The lowest BCUT2D eigenvalue weighted by Crippen LogP contribution is -2.30. The predicted molar refractivity (Wildman–Crippen MR) is 143 cm³/mol. The van der Waals surface area contributed by atoms with E-state index in [1.54, 1.807) is 13.2 Å². The summed E-state index contributed by atoms with van der Waals surface area (Å²) in [4.78, 5) is 13.2. The van der Waals surface area contributed by atoms with Crippen LogP contribution in [-0.4, -0.2) is 18.5 Å². The van der Waals surface area contributed by atoms with Crippen molar-refractivity contribution in [2.45, 2.75) is 25.4 Å². The molecule has 6 nitrogen and oxygen atoms in total. The number of rotatable bonds is 8. The molecule has 1 saturated heterocycles. The monoisotopic (exact) mass is 549 g/mol. The number of benzene rings is 3. The molecule has 1 atom stereocenters. The Morgan fingerprint density at radius 2 is 1.94 bits per heavy atom. The first-order valence-electron chi connectivity index (χ1n) is 11.0. The SMILES string of the molecule is CCc1ccc(N[C@@H]2NC(=O)/C(=C/c3cc(OC)c(OCc4ccccc4C#N)cc3Br)S2)cc1. The van der Waals surface area contributed by atoms with Crippen LogP contribution in [0, 0.1) is 11.3 Å². The third-order valence-corrected chi connectivity index (χ3v) is 7.20. The molecule has 0 aromatic heterocycles. The third kappa shape index (κ3) is 5.99. The van der Waals surface area contributed by atoms with Crippen LogP contribution in [0.4, 0.5) is 5.69 Å². The number of methoxy groups -OCH3 is 1. The minimum atomic E-state index is -0.260. The smallest absolute Gasteiger partial charge is 0.260 e. The van der Waals surface area contributed by atoms with E-state index in [2.05, 4.69) is 51.7 Å².